The van der Waals surface area contributed by atoms with Gasteiger partial charge in [-0.05, 0) is 36.4 Å². The zero-order valence-electron chi connectivity index (χ0n) is 22.2. The van der Waals surface area contributed by atoms with Gasteiger partial charge < -0.3 is 23.7 Å². The minimum atomic E-state index is -4.22. The first-order valence-electron chi connectivity index (χ1n) is 12.5. The number of methoxy groups -OCH3 is 1. The molecule has 0 aliphatic carbocycles. The minimum Gasteiger partial charge on any atom is -0.459 e. The van der Waals surface area contributed by atoms with Crippen molar-refractivity contribution in [2.75, 3.05) is 20.0 Å². The van der Waals surface area contributed by atoms with E-state index in [1.165, 1.54) is 31.4 Å². The zero-order chi connectivity index (χ0) is 29.4. The molecular weight excluding hydrogens is 556 g/mol. The van der Waals surface area contributed by atoms with Crippen LogP contribution in [0.25, 0.3) is 0 Å². The molecule has 5 atom stereocenters. The Kier molecular flexibility index (Phi) is 9.84. The van der Waals surface area contributed by atoms with E-state index in [1.54, 1.807) is 66.7 Å². The normalized spacial score (nSPS) is 22.3. The van der Waals surface area contributed by atoms with Gasteiger partial charge in [0.2, 0.25) is 0 Å². The molecule has 11 nitrogen and oxygen atoms in total. The molecule has 1 aliphatic rings. The van der Waals surface area contributed by atoms with Crippen molar-refractivity contribution >= 4 is 28.0 Å². The molecule has 41 heavy (non-hydrogen) atoms. The molecule has 0 radical (unpaired) electrons. The molecule has 1 heterocycles. The molecule has 0 spiro atoms. The summed E-state index contributed by atoms with van der Waals surface area (Å²) in [5.41, 5.74) is 0.567. The maximum absolute atomic E-state index is 13.1. The highest BCUT2D eigenvalue weighted by atomic mass is 32.2. The van der Waals surface area contributed by atoms with Gasteiger partial charge in [-0.3, -0.25) is 4.18 Å². The fourth-order valence-electron chi connectivity index (χ4n) is 4.13. The predicted molar refractivity (Wildman–Crippen MR) is 143 cm³/mol. The first kappa shape index (κ1) is 29.9. The molecule has 0 unspecified atom stereocenters. The molecule has 0 saturated carbocycles. The summed E-state index contributed by atoms with van der Waals surface area (Å²) in [6.45, 7) is -0.483. The third-order valence-corrected chi connectivity index (χ3v) is 6.57. The SMILES string of the molecule is CO[C@H]1O[C@H](COC(=O)c2ccccc2)[C@@H](OC(=O)c2ccccc2)[C@H](OS(C)(=O)=O)[C@H]1OC(=O)c1ccccc1. The number of hydrogen-bond acceptors (Lipinski definition) is 11. The second kappa shape index (κ2) is 13.5. The maximum atomic E-state index is 13.1. The van der Waals surface area contributed by atoms with Crippen LogP contribution in [0.3, 0.4) is 0 Å². The van der Waals surface area contributed by atoms with Crippen molar-refractivity contribution in [3.8, 4) is 0 Å². The number of ether oxygens (including phenoxy) is 5. The number of rotatable bonds is 10. The van der Waals surface area contributed by atoms with Crippen LogP contribution in [0, 0.1) is 0 Å². The van der Waals surface area contributed by atoms with Gasteiger partial charge in [-0.2, -0.15) is 8.42 Å². The lowest BCUT2D eigenvalue weighted by atomic mass is 9.98. The lowest BCUT2D eigenvalue weighted by Gasteiger charge is -2.43. The lowest BCUT2D eigenvalue weighted by molar-refractivity contribution is -0.287. The van der Waals surface area contributed by atoms with Gasteiger partial charge in [-0.25, -0.2) is 14.4 Å². The van der Waals surface area contributed by atoms with E-state index in [0.717, 1.165) is 6.26 Å². The van der Waals surface area contributed by atoms with Crippen LogP contribution in [-0.4, -0.2) is 77.0 Å². The Hall–Kier alpha value is -4.10. The molecule has 0 N–H and O–H groups in total. The molecule has 0 aromatic heterocycles. The summed E-state index contributed by atoms with van der Waals surface area (Å²) in [4.78, 5) is 38.7. The van der Waals surface area contributed by atoms with Gasteiger partial charge in [0.05, 0.1) is 22.9 Å². The van der Waals surface area contributed by atoms with E-state index in [1.807, 2.05) is 0 Å². The zero-order valence-corrected chi connectivity index (χ0v) is 23.0. The summed E-state index contributed by atoms with van der Waals surface area (Å²) in [6.07, 6.45) is -6.55. The predicted octanol–water partition coefficient (Wildman–Crippen LogP) is 3.01. The highest BCUT2D eigenvalue weighted by Gasteiger charge is 2.53. The molecule has 1 aliphatic heterocycles. The first-order chi connectivity index (χ1) is 19.7. The summed E-state index contributed by atoms with van der Waals surface area (Å²) in [5.74, 6) is -2.37. The number of carbonyl (C=O) groups is 3. The largest absolute Gasteiger partial charge is 0.459 e. The van der Waals surface area contributed by atoms with E-state index in [-0.39, 0.29) is 16.7 Å². The smallest absolute Gasteiger partial charge is 0.338 e. The van der Waals surface area contributed by atoms with Crippen LogP contribution >= 0.6 is 0 Å². The Bertz CT molecular complexity index is 1430. The van der Waals surface area contributed by atoms with E-state index < -0.39 is 65.3 Å². The van der Waals surface area contributed by atoms with Crippen molar-refractivity contribution in [3.05, 3.63) is 108 Å². The third kappa shape index (κ3) is 7.98. The lowest BCUT2D eigenvalue weighted by Crippen LogP contribution is -2.62. The van der Waals surface area contributed by atoms with Crippen molar-refractivity contribution in [2.24, 2.45) is 0 Å². The topological polar surface area (TPSA) is 141 Å². The van der Waals surface area contributed by atoms with E-state index >= 15 is 0 Å². The summed E-state index contributed by atoms with van der Waals surface area (Å²) in [7, 11) is -2.98. The highest BCUT2D eigenvalue weighted by molar-refractivity contribution is 7.86. The number of esters is 3. The van der Waals surface area contributed by atoms with E-state index in [4.69, 9.17) is 27.9 Å². The molecule has 4 rings (SSSR count). The van der Waals surface area contributed by atoms with Gasteiger partial charge in [0.1, 0.15) is 12.7 Å². The summed E-state index contributed by atoms with van der Waals surface area (Å²) in [5, 5.41) is 0. The second-order valence-corrected chi connectivity index (χ2v) is 10.6. The van der Waals surface area contributed by atoms with Crippen LogP contribution in [0.4, 0.5) is 0 Å². The Morgan fingerprint density at radius 2 is 1.12 bits per heavy atom. The quantitative estimate of drug-likeness (QED) is 0.197. The van der Waals surface area contributed by atoms with Crippen molar-refractivity contribution in [2.45, 2.75) is 30.7 Å². The monoisotopic (exact) mass is 584 g/mol. The second-order valence-electron chi connectivity index (χ2n) is 8.98. The summed E-state index contributed by atoms with van der Waals surface area (Å²) < 4.78 is 58.2. The Balaban J connectivity index is 1.68. The number of carbonyl (C=O) groups excluding carboxylic acids is 3. The van der Waals surface area contributed by atoms with Crippen LogP contribution in [0.15, 0.2) is 91.0 Å². The molecule has 0 bridgehead atoms. The van der Waals surface area contributed by atoms with E-state index in [9.17, 15) is 22.8 Å². The molecule has 3 aromatic rings. The van der Waals surface area contributed by atoms with Gasteiger partial charge in [-0.15, -0.1) is 0 Å². The van der Waals surface area contributed by atoms with Crippen LogP contribution in [0.5, 0.6) is 0 Å². The Morgan fingerprint density at radius 3 is 1.56 bits per heavy atom. The maximum Gasteiger partial charge on any atom is 0.338 e. The third-order valence-electron chi connectivity index (χ3n) is 6.00. The standard InChI is InChI=1S/C29H28O11S/c1-35-29-25(39-28(32)21-16-10-5-11-17-21)24(40-41(2,33)34)23(38-27(31)20-14-8-4-9-15-20)22(37-29)18-36-26(30)19-12-6-3-7-13-19/h3-17,22-25,29H,18H2,1-2H3/t22-,23-,24+,25-,29+/m1/s1. The Morgan fingerprint density at radius 1 is 0.683 bits per heavy atom. The fourth-order valence-corrected chi connectivity index (χ4v) is 4.75. The number of hydrogen-bond donors (Lipinski definition) is 0. The average molecular weight is 585 g/mol. The van der Waals surface area contributed by atoms with Crippen molar-refractivity contribution in [1.29, 1.82) is 0 Å². The van der Waals surface area contributed by atoms with E-state index in [0.29, 0.717) is 0 Å². The van der Waals surface area contributed by atoms with Crippen molar-refractivity contribution in [3.63, 3.8) is 0 Å². The Labute approximate surface area is 237 Å². The van der Waals surface area contributed by atoms with Gasteiger partial charge >= 0.3 is 17.9 Å². The first-order valence-corrected chi connectivity index (χ1v) is 14.3. The molecule has 12 heteroatoms. The highest BCUT2D eigenvalue weighted by Crippen LogP contribution is 2.31. The molecule has 216 valence electrons. The average Bonchev–Trinajstić information content (AvgIpc) is 2.98. The minimum absolute atomic E-state index is 0.150. The number of benzene rings is 3. The fraction of sp³-hybridized carbons (Fsp3) is 0.276. The van der Waals surface area contributed by atoms with Crippen LogP contribution in [0.1, 0.15) is 31.1 Å². The molecule has 1 saturated heterocycles. The van der Waals surface area contributed by atoms with Crippen LogP contribution < -0.4 is 0 Å². The van der Waals surface area contributed by atoms with Gasteiger partial charge in [0, 0.05) is 7.11 Å². The van der Waals surface area contributed by atoms with Crippen molar-refractivity contribution in [1.82, 2.24) is 0 Å². The van der Waals surface area contributed by atoms with Gasteiger partial charge in [-0.1, -0.05) is 54.6 Å². The van der Waals surface area contributed by atoms with Crippen LogP contribution in [0.2, 0.25) is 0 Å². The van der Waals surface area contributed by atoms with Gasteiger partial charge in [0.15, 0.2) is 24.6 Å². The molecule has 1 fully saturated rings. The van der Waals surface area contributed by atoms with Gasteiger partial charge in [0.25, 0.3) is 10.1 Å². The molecular formula is C29H28O11S. The van der Waals surface area contributed by atoms with E-state index in [2.05, 4.69) is 0 Å². The molecule has 3 aromatic carbocycles. The van der Waals surface area contributed by atoms with Crippen LogP contribution in [-0.2, 0) is 38.0 Å². The molecule has 0 amide bonds. The summed E-state index contributed by atoms with van der Waals surface area (Å²) >= 11 is 0. The van der Waals surface area contributed by atoms with Crippen molar-refractivity contribution < 1.29 is 50.7 Å². The summed E-state index contributed by atoms with van der Waals surface area (Å²) in [6, 6.07) is 24.0.